The van der Waals surface area contributed by atoms with Gasteiger partial charge in [-0.15, -0.1) is 0 Å². The normalized spacial score (nSPS) is 47.7. The molecule has 0 aromatic heterocycles. The highest BCUT2D eigenvalue weighted by atomic mass is 16.7. The Balaban J connectivity index is 1.60. The van der Waals surface area contributed by atoms with Crippen molar-refractivity contribution in [2.24, 2.45) is 28.1 Å². The lowest BCUT2D eigenvalue weighted by Gasteiger charge is -2.58. The van der Waals surface area contributed by atoms with E-state index in [1.54, 1.807) is 19.9 Å². The number of hydrogen-bond donors (Lipinski definition) is 5. The monoisotopic (exact) mass is 496 g/mol. The molecule has 0 aromatic rings. The van der Waals surface area contributed by atoms with E-state index in [2.05, 4.69) is 6.92 Å². The molecule has 9 heteroatoms. The number of rotatable bonds is 3. The molecular formula is C26H40O9. The number of allylic oxidation sites excluding steroid dienone is 2. The van der Waals surface area contributed by atoms with Crippen molar-refractivity contribution < 1.29 is 44.6 Å². The minimum absolute atomic E-state index is 0.0401. The number of fused-ring (bicyclic) bond motifs is 3. The van der Waals surface area contributed by atoms with Crippen LogP contribution in [0.15, 0.2) is 11.6 Å². The maximum absolute atomic E-state index is 13.6. The van der Waals surface area contributed by atoms with Crippen LogP contribution in [-0.4, -0.2) is 80.7 Å². The van der Waals surface area contributed by atoms with Crippen molar-refractivity contribution in [1.29, 1.82) is 0 Å². The molecule has 0 radical (unpaired) electrons. The molecule has 5 N–H and O–H groups in total. The number of ketones is 1. The van der Waals surface area contributed by atoms with Crippen molar-refractivity contribution in [3.63, 3.8) is 0 Å². The molecule has 1 aliphatic heterocycles. The highest BCUT2D eigenvalue weighted by Gasteiger charge is 2.60. The van der Waals surface area contributed by atoms with Crippen LogP contribution in [0.4, 0.5) is 0 Å². The number of hydrogen-bond acceptors (Lipinski definition) is 9. The molecule has 2 saturated carbocycles. The third-order valence-corrected chi connectivity index (χ3v) is 9.72. The fourth-order valence-corrected chi connectivity index (χ4v) is 7.17. The first-order valence-electron chi connectivity index (χ1n) is 12.7. The second-order valence-electron chi connectivity index (χ2n) is 12.1. The number of esters is 1. The average molecular weight is 497 g/mol. The minimum atomic E-state index is -1.65. The number of aliphatic hydroxyl groups is 5. The Morgan fingerprint density at radius 1 is 1.09 bits per heavy atom. The van der Waals surface area contributed by atoms with Crippen molar-refractivity contribution in [2.75, 3.05) is 6.61 Å². The molecule has 3 aliphatic carbocycles. The molecular weight excluding hydrogens is 456 g/mol. The van der Waals surface area contributed by atoms with Gasteiger partial charge in [0, 0.05) is 0 Å². The molecule has 0 bridgehead atoms. The smallest absolute Gasteiger partial charge is 0.314 e. The van der Waals surface area contributed by atoms with Gasteiger partial charge in [0.15, 0.2) is 5.78 Å². The quantitative estimate of drug-likeness (QED) is 0.358. The molecule has 4 rings (SSSR count). The lowest BCUT2D eigenvalue weighted by molar-refractivity contribution is -0.297. The van der Waals surface area contributed by atoms with Crippen LogP contribution in [0.2, 0.25) is 0 Å². The van der Waals surface area contributed by atoms with E-state index in [0.29, 0.717) is 25.7 Å². The van der Waals surface area contributed by atoms with Gasteiger partial charge < -0.3 is 35.0 Å². The molecule has 10 atom stereocenters. The lowest BCUT2D eigenvalue weighted by Crippen LogP contribution is -2.61. The van der Waals surface area contributed by atoms with Gasteiger partial charge in [0.2, 0.25) is 6.29 Å². The molecule has 0 amide bonds. The van der Waals surface area contributed by atoms with E-state index in [0.717, 1.165) is 18.4 Å². The summed E-state index contributed by atoms with van der Waals surface area (Å²) in [7, 11) is 0. The number of carbonyl (C=O) groups is 2. The summed E-state index contributed by atoms with van der Waals surface area (Å²) >= 11 is 0. The Hall–Kier alpha value is -1.36. The molecule has 9 nitrogen and oxygen atoms in total. The van der Waals surface area contributed by atoms with Crippen LogP contribution in [0.5, 0.6) is 0 Å². The maximum atomic E-state index is 13.6. The second-order valence-corrected chi connectivity index (χ2v) is 12.1. The Morgan fingerprint density at radius 2 is 1.77 bits per heavy atom. The molecule has 0 unspecified atom stereocenters. The van der Waals surface area contributed by atoms with Gasteiger partial charge in [-0.05, 0) is 62.4 Å². The molecule has 0 aromatic carbocycles. The summed E-state index contributed by atoms with van der Waals surface area (Å²) in [5, 5.41) is 50.9. The third-order valence-electron chi connectivity index (χ3n) is 9.72. The van der Waals surface area contributed by atoms with Crippen molar-refractivity contribution in [1.82, 2.24) is 0 Å². The Labute approximate surface area is 206 Å². The number of carbonyl (C=O) groups excluding carboxylic acids is 2. The summed E-state index contributed by atoms with van der Waals surface area (Å²) in [4.78, 5) is 26.5. The fraction of sp³-hybridized carbons (Fsp3) is 0.846. The van der Waals surface area contributed by atoms with Crippen LogP contribution in [0.1, 0.15) is 66.2 Å². The van der Waals surface area contributed by atoms with E-state index in [4.69, 9.17) is 9.47 Å². The Morgan fingerprint density at radius 3 is 2.43 bits per heavy atom. The van der Waals surface area contributed by atoms with Gasteiger partial charge in [0.05, 0.1) is 23.5 Å². The summed E-state index contributed by atoms with van der Waals surface area (Å²) in [6.45, 7) is 6.95. The number of ether oxygens (including phenoxy) is 2. The highest BCUT2D eigenvalue weighted by Crippen LogP contribution is 2.63. The van der Waals surface area contributed by atoms with Crippen molar-refractivity contribution in [3.05, 3.63) is 11.6 Å². The fourth-order valence-electron chi connectivity index (χ4n) is 7.17. The zero-order valence-electron chi connectivity index (χ0n) is 21.0. The van der Waals surface area contributed by atoms with Crippen molar-refractivity contribution in [3.8, 4) is 0 Å². The molecule has 1 heterocycles. The van der Waals surface area contributed by atoms with E-state index in [-0.39, 0.29) is 23.0 Å². The van der Waals surface area contributed by atoms with Crippen LogP contribution in [-0.2, 0) is 19.1 Å². The highest BCUT2D eigenvalue weighted by molar-refractivity contribution is 5.95. The summed E-state index contributed by atoms with van der Waals surface area (Å²) in [6, 6.07) is 0. The van der Waals surface area contributed by atoms with Gasteiger partial charge in [-0.2, -0.15) is 0 Å². The predicted octanol–water partition coefficient (Wildman–Crippen LogP) is 0.838. The minimum Gasteiger partial charge on any atom is -0.432 e. The van der Waals surface area contributed by atoms with Crippen molar-refractivity contribution in [2.45, 2.75) is 103 Å². The largest absolute Gasteiger partial charge is 0.432 e. The van der Waals surface area contributed by atoms with Crippen LogP contribution in [0, 0.1) is 28.1 Å². The Kier molecular flexibility index (Phi) is 7.01. The predicted molar refractivity (Wildman–Crippen MR) is 124 cm³/mol. The SMILES string of the molecule is CC1(C)C(=O)C=C2CC[C@@H]3[C@](C)(CCC[C@@]3(C)C(=O)O[C@@H]3O[C@H](CO)[C@@H](O)[C@H](O)[C@H]3O)[C@H]2C[C@H]1O. The van der Waals surface area contributed by atoms with Gasteiger partial charge in [0.1, 0.15) is 24.4 Å². The zero-order valence-corrected chi connectivity index (χ0v) is 21.0. The van der Waals surface area contributed by atoms with Crippen LogP contribution in [0.25, 0.3) is 0 Å². The topological polar surface area (TPSA) is 154 Å². The van der Waals surface area contributed by atoms with Gasteiger partial charge in [-0.25, -0.2) is 0 Å². The molecule has 0 spiro atoms. The molecule has 35 heavy (non-hydrogen) atoms. The van der Waals surface area contributed by atoms with E-state index in [9.17, 15) is 35.1 Å². The summed E-state index contributed by atoms with van der Waals surface area (Å²) in [5.41, 5.74) is -1.07. The first-order valence-corrected chi connectivity index (χ1v) is 12.7. The van der Waals surface area contributed by atoms with E-state index < -0.39 is 60.2 Å². The summed E-state index contributed by atoms with van der Waals surface area (Å²) in [5.74, 6) is -0.755. The summed E-state index contributed by atoms with van der Waals surface area (Å²) in [6.07, 6.45) is -2.58. The van der Waals surface area contributed by atoms with Gasteiger partial charge >= 0.3 is 5.97 Å². The Bertz CT molecular complexity index is 882. The first kappa shape index (κ1) is 26.7. The number of aliphatic hydroxyl groups excluding tert-OH is 5. The maximum Gasteiger partial charge on any atom is 0.314 e. The van der Waals surface area contributed by atoms with Crippen LogP contribution < -0.4 is 0 Å². The van der Waals surface area contributed by atoms with Gasteiger partial charge in [-0.3, -0.25) is 9.59 Å². The van der Waals surface area contributed by atoms with Crippen LogP contribution >= 0.6 is 0 Å². The molecule has 1 saturated heterocycles. The molecule has 3 fully saturated rings. The molecule has 198 valence electrons. The average Bonchev–Trinajstić information content (AvgIpc) is 2.88. The molecule has 4 aliphatic rings. The third kappa shape index (κ3) is 4.18. The lowest BCUT2D eigenvalue weighted by atomic mass is 9.46. The van der Waals surface area contributed by atoms with E-state index in [1.165, 1.54) is 0 Å². The van der Waals surface area contributed by atoms with E-state index >= 15 is 0 Å². The van der Waals surface area contributed by atoms with Gasteiger partial charge in [0.25, 0.3) is 0 Å². The van der Waals surface area contributed by atoms with Crippen LogP contribution in [0.3, 0.4) is 0 Å². The van der Waals surface area contributed by atoms with E-state index in [1.807, 2.05) is 6.92 Å². The first-order chi connectivity index (χ1) is 16.3. The zero-order chi connectivity index (χ0) is 25.9. The standard InChI is InChI=1S/C26H40O9/c1-24(2)17(28)10-13-6-7-16-25(3,14(13)11-18(24)29)8-5-9-26(16,4)23(33)35-22-21(32)20(31)19(30)15(12-27)34-22/h10,14-16,18-22,27,29-32H,5-9,11-12H2,1-4H3/t14-,15+,16+,18+,19+,20-,21+,22-,25+,26+/m0/s1. The van der Waals surface area contributed by atoms with Gasteiger partial charge in [-0.1, -0.05) is 32.8 Å². The second kappa shape index (κ2) is 9.19. The summed E-state index contributed by atoms with van der Waals surface area (Å²) < 4.78 is 11.0. The van der Waals surface area contributed by atoms with Crippen molar-refractivity contribution >= 4 is 11.8 Å².